The van der Waals surface area contributed by atoms with Crippen molar-refractivity contribution in [3.05, 3.63) is 48.9 Å². The molecule has 5 nitrogen and oxygen atoms in total. The van der Waals surface area contributed by atoms with Crippen LogP contribution >= 0.6 is 0 Å². The van der Waals surface area contributed by atoms with E-state index in [0.717, 1.165) is 0 Å². The Morgan fingerprint density at radius 1 is 1.00 bits per heavy atom. The van der Waals surface area contributed by atoms with Crippen LogP contribution in [-0.4, -0.2) is 20.1 Å². The van der Waals surface area contributed by atoms with E-state index >= 15 is 0 Å². The first-order chi connectivity index (χ1) is 8.83. The summed E-state index contributed by atoms with van der Waals surface area (Å²) in [7, 11) is 0. The number of aromatic hydroxyl groups is 1. The summed E-state index contributed by atoms with van der Waals surface area (Å²) in [5.74, 6) is 0.982. The van der Waals surface area contributed by atoms with E-state index < -0.39 is 0 Å². The summed E-state index contributed by atoms with van der Waals surface area (Å²) in [5.41, 5.74) is 0.573. The van der Waals surface area contributed by atoms with Crippen molar-refractivity contribution in [2.45, 2.75) is 0 Å². The molecule has 0 aliphatic carbocycles. The van der Waals surface area contributed by atoms with Gasteiger partial charge in [0, 0.05) is 23.7 Å². The minimum Gasteiger partial charge on any atom is -0.506 e. The van der Waals surface area contributed by atoms with Crippen LogP contribution in [0.2, 0.25) is 0 Å². The van der Waals surface area contributed by atoms with Crippen LogP contribution in [0, 0.1) is 0 Å². The van der Waals surface area contributed by atoms with E-state index in [1.165, 1.54) is 6.20 Å². The maximum absolute atomic E-state index is 9.60. The molecule has 3 aromatic rings. The van der Waals surface area contributed by atoms with Crippen molar-refractivity contribution in [2.24, 2.45) is 0 Å². The predicted octanol–water partition coefficient (Wildman–Crippen LogP) is 2.52. The van der Waals surface area contributed by atoms with Crippen LogP contribution in [0.15, 0.2) is 48.9 Å². The minimum atomic E-state index is 0.101. The molecule has 1 N–H and O–H groups in total. The number of aromatic nitrogens is 3. The van der Waals surface area contributed by atoms with Gasteiger partial charge in [0.2, 0.25) is 11.8 Å². The van der Waals surface area contributed by atoms with E-state index in [-0.39, 0.29) is 5.75 Å². The van der Waals surface area contributed by atoms with Crippen molar-refractivity contribution in [3.63, 3.8) is 0 Å². The Morgan fingerprint density at radius 3 is 2.78 bits per heavy atom. The molecule has 3 rings (SSSR count). The van der Waals surface area contributed by atoms with E-state index in [1.54, 1.807) is 30.6 Å². The van der Waals surface area contributed by atoms with Gasteiger partial charge in [-0.25, -0.2) is 9.97 Å². The Kier molecular flexibility index (Phi) is 2.49. The summed E-state index contributed by atoms with van der Waals surface area (Å²) < 4.78 is 5.49. The third-order valence-electron chi connectivity index (χ3n) is 2.42. The molecule has 0 amide bonds. The van der Waals surface area contributed by atoms with Crippen LogP contribution in [0.5, 0.6) is 17.5 Å². The van der Waals surface area contributed by atoms with Crippen molar-refractivity contribution < 1.29 is 9.84 Å². The average Bonchev–Trinajstić information content (AvgIpc) is 2.40. The van der Waals surface area contributed by atoms with Gasteiger partial charge in [0.15, 0.2) is 0 Å². The van der Waals surface area contributed by atoms with Crippen LogP contribution < -0.4 is 4.74 Å². The molecule has 0 aromatic carbocycles. The highest BCUT2D eigenvalue weighted by atomic mass is 16.5. The second-order valence-electron chi connectivity index (χ2n) is 3.64. The van der Waals surface area contributed by atoms with Crippen molar-refractivity contribution >= 4 is 10.9 Å². The first-order valence-electron chi connectivity index (χ1n) is 5.35. The van der Waals surface area contributed by atoms with E-state index in [2.05, 4.69) is 15.0 Å². The lowest BCUT2D eigenvalue weighted by Crippen LogP contribution is -1.90. The number of nitrogens with zero attached hydrogens (tertiary/aromatic N) is 3. The number of fused-ring (bicyclic) bond motifs is 1. The first-order valence-corrected chi connectivity index (χ1v) is 5.35. The van der Waals surface area contributed by atoms with Gasteiger partial charge in [0.05, 0.1) is 17.9 Å². The van der Waals surface area contributed by atoms with Crippen molar-refractivity contribution in [1.29, 1.82) is 0 Å². The molecule has 18 heavy (non-hydrogen) atoms. The lowest BCUT2D eigenvalue weighted by Gasteiger charge is -2.04. The maximum Gasteiger partial charge on any atom is 0.221 e. The van der Waals surface area contributed by atoms with Gasteiger partial charge in [-0.2, -0.15) is 0 Å². The number of ether oxygens (including phenoxy) is 1. The Hall–Kier alpha value is -2.69. The number of hydrogen-bond donors (Lipinski definition) is 1. The Labute approximate surface area is 103 Å². The standard InChI is InChI=1S/C13H9N3O2/c17-11-8-14-7-10-9(11)4-5-13(16-10)18-12-3-1-2-6-15-12/h1-8,17H. The third-order valence-corrected chi connectivity index (χ3v) is 2.42. The molecule has 0 spiro atoms. The summed E-state index contributed by atoms with van der Waals surface area (Å²) in [5, 5.41) is 10.2. The van der Waals surface area contributed by atoms with Crippen LogP contribution in [0.25, 0.3) is 10.9 Å². The summed E-state index contributed by atoms with van der Waals surface area (Å²) >= 11 is 0. The fourth-order valence-electron chi connectivity index (χ4n) is 1.59. The fourth-order valence-corrected chi connectivity index (χ4v) is 1.59. The lowest BCUT2D eigenvalue weighted by atomic mass is 10.2. The average molecular weight is 239 g/mol. The number of rotatable bonds is 2. The Morgan fingerprint density at radius 2 is 1.94 bits per heavy atom. The van der Waals surface area contributed by atoms with E-state index in [4.69, 9.17) is 4.74 Å². The summed E-state index contributed by atoms with van der Waals surface area (Å²) in [6.07, 6.45) is 4.59. The van der Waals surface area contributed by atoms with Gasteiger partial charge in [-0.3, -0.25) is 4.98 Å². The zero-order valence-corrected chi connectivity index (χ0v) is 9.32. The normalized spacial score (nSPS) is 10.4. The lowest BCUT2D eigenvalue weighted by molar-refractivity contribution is 0.446. The molecule has 0 fully saturated rings. The second-order valence-corrected chi connectivity index (χ2v) is 3.64. The molecule has 5 heteroatoms. The largest absolute Gasteiger partial charge is 0.506 e. The molecule has 0 aliphatic heterocycles. The van der Waals surface area contributed by atoms with Gasteiger partial charge >= 0.3 is 0 Å². The SMILES string of the molecule is Oc1cncc2nc(Oc3ccccn3)ccc12. The van der Waals surface area contributed by atoms with Gasteiger partial charge in [-0.05, 0) is 12.1 Å². The summed E-state index contributed by atoms with van der Waals surface area (Å²) in [6.45, 7) is 0. The molecule has 0 radical (unpaired) electrons. The molecule has 0 atom stereocenters. The van der Waals surface area contributed by atoms with E-state index in [0.29, 0.717) is 22.7 Å². The van der Waals surface area contributed by atoms with Crippen molar-refractivity contribution in [2.75, 3.05) is 0 Å². The van der Waals surface area contributed by atoms with Crippen LogP contribution in [0.3, 0.4) is 0 Å². The molecular formula is C13H9N3O2. The fraction of sp³-hybridized carbons (Fsp3) is 0. The van der Waals surface area contributed by atoms with Gasteiger partial charge < -0.3 is 9.84 Å². The molecule has 3 heterocycles. The predicted molar refractivity (Wildman–Crippen MR) is 65.5 cm³/mol. The highest BCUT2D eigenvalue weighted by Gasteiger charge is 2.04. The number of hydrogen-bond acceptors (Lipinski definition) is 5. The monoisotopic (exact) mass is 239 g/mol. The summed E-state index contributed by atoms with van der Waals surface area (Å²) in [6, 6.07) is 8.79. The molecule has 0 aliphatic rings. The zero-order chi connectivity index (χ0) is 12.4. The highest BCUT2D eigenvalue weighted by Crippen LogP contribution is 2.25. The van der Waals surface area contributed by atoms with Gasteiger partial charge in [-0.15, -0.1) is 0 Å². The topological polar surface area (TPSA) is 68.1 Å². The van der Waals surface area contributed by atoms with Crippen LogP contribution in [-0.2, 0) is 0 Å². The highest BCUT2D eigenvalue weighted by molar-refractivity contribution is 5.83. The summed E-state index contributed by atoms with van der Waals surface area (Å²) in [4.78, 5) is 12.2. The van der Waals surface area contributed by atoms with Crippen molar-refractivity contribution in [1.82, 2.24) is 15.0 Å². The zero-order valence-electron chi connectivity index (χ0n) is 9.32. The smallest absolute Gasteiger partial charge is 0.221 e. The van der Waals surface area contributed by atoms with Gasteiger partial charge in [0.25, 0.3) is 0 Å². The van der Waals surface area contributed by atoms with Gasteiger partial charge in [-0.1, -0.05) is 6.07 Å². The molecule has 0 saturated carbocycles. The number of pyridine rings is 3. The van der Waals surface area contributed by atoms with Gasteiger partial charge in [0.1, 0.15) is 5.75 Å². The molecule has 0 bridgehead atoms. The van der Waals surface area contributed by atoms with Crippen LogP contribution in [0.4, 0.5) is 0 Å². The van der Waals surface area contributed by atoms with Crippen LogP contribution in [0.1, 0.15) is 0 Å². The van der Waals surface area contributed by atoms with E-state index in [9.17, 15) is 5.11 Å². The third kappa shape index (κ3) is 1.93. The quantitative estimate of drug-likeness (QED) is 0.744. The second kappa shape index (κ2) is 4.29. The molecular weight excluding hydrogens is 230 g/mol. The minimum absolute atomic E-state index is 0.101. The maximum atomic E-state index is 9.60. The first kappa shape index (κ1) is 10.5. The van der Waals surface area contributed by atoms with Crippen molar-refractivity contribution in [3.8, 4) is 17.5 Å². The Balaban J connectivity index is 1.99. The molecule has 3 aromatic heterocycles. The molecule has 0 unspecified atom stereocenters. The molecule has 88 valence electrons. The Bertz CT molecular complexity index is 686. The van der Waals surface area contributed by atoms with E-state index in [1.807, 2.05) is 12.1 Å². The molecule has 0 saturated heterocycles.